The van der Waals surface area contributed by atoms with Crippen LogP contribution in [0.25, 0.3) is 10.2 Å². The minimum atomic E-state index is -3.69. The fourth-order valence-corrected chi connectivity index (χ4v) is 6.78. The molecule has 1 fully saturated rings. The van der Waals surface area contributed by atoms with Crippen molar-refractivity contribution in [1.29, 1.82) is 0 Å². The molecule has 3 heterocycles. The van der Waals surface area contributed by atoms with E-state index in [9.17, 15) is 18.3 Å². The molecule has 0 atom stereocenters. The van der Waals surface area contributed by atoms with Crippen molar-refractivity contribution in [2.45, 2.75) is 17.1 Å². The predicted octanol–water partition coefficient (Wildman–Crippen LogP) is 2.47. The summed E-state index contributed by atoms with van der Waals surface area (Å²) in [6.07, 6.45) is 1.93. The number of nitrogens with one attached hydrogen (secondary N) is 1. The first kappa shape index (κ1) is 19.1. The molecule has 9 heteroatoms. The Morgan fingerprint density at radius 2 is 1.93 bits per heavy atom. The number of hydrogen-bond acceptors (Lipinski definition) is 5. The number of nitrogens with zero attached hydrogens (tertiary/aromatic N) is 1. The summed E-state index contributed by atoms with van der Waals surface area (Å²) in [7, 11) is -3.69. The quantitative estimate of drug-likeness (QED) is 0.638. The van der Waals surface area contributed by atoms with Crippen molar-refractivity contribution in [1.82, 2.24) is 9.29 Å². The SMILES string of the molecule is O=C(O)Cc1c[nH]c2sc(S(=O)(=O)N3CCOCC3)c(Cc3ccccc3)c12. The van der Waals surface area contributed by atoms with Gasteiger partial charge in [-0.15, -0.1) is 11.3 Å². The molecule has 0 radical (unpaired) electrons. The number of aromatic amines is 1. The number of aromatic nitrogens is 1. The number of hydrogen-bond donors (Lipinski definition) is 2. The highest BCUT2D eigenvalue weighted by molar-refractivity contribution is 7.91. The van der Waals surface area contributed by atoms with Crippen LogP contribution in [0.15, 0.2) is 40.7 Å². The minimum Gasteiger partial charge on any atom is -0.481 e. The van der Waals surface area contributed by atoms with Crippen molar-refractivity contribution < 1.29 is 23.1 Å². The van der Waals surface area contributed by atoms with Gasteiger partial charge in [0.05, 0.1) is 19.6 Å². The van der Waals surface area contributed by atoms with E-state index < -0.39 is 16.0 Å². The standard InChI is InChI=1S/C19H20N2O5S2/c22-16(23)11-14-12-20-18-17(14)15(10-13-4-2-1-3-5-13)19(27-18)28(24,25)21-6-8-26-9-7-21/h1-5,12,20H,6-11H2,(H,22,23). The molecule has 28 heavy (non-hydrogen) atoms. The number of fused-ring (bicyclic) bond motifs is 1. The van der Waals surface area contributed by atoms with Gasteiger partial charge in [0.15, 0.2) is 0 Å². The second kappa shape index (κ2) is 7.67. The summed E-state index contributed by atoms with van der Waals surface area (Å²) < 4.78 is 33.7. The molecular formula is C19H20N2O5S2. The van der Waals surface area contributed by atoms with Crippen LogP contribution >= 0.6 is 11.3 Å². The van der Waals surface area contributed by atoms with Gasteiger partial charge in [0.1, 0.15) is 9.04 Å². The summed E-state index contributed by atoms with van der Waals surface area (Å²) in [5, 5.41) is 9.96. The number of aliphatic carboxylic acids is 1. The lowest BCUT2D eigenvalue weighted by Gasteiger charge is -2.26. The number of benzene rings is 1. The monoisotopic (exact) mass is 420 g/mol. The number of sulfonamides is 1. The molecular weight excluding hydrogens is 400 g/mol. The van der Waals surface area contributed by atoms with Gasteiger partial charge >= 0.3 is 5.97 Å². The highest BCUT2D eigenvalue weighted by atomic mass is 32.2. The molecule has 2 N–H and O–H groups in total. The Hall–Kier alpha value is -2.20. The van der Waals surface area contributed by atoms with Gasteiger partial charge < -0.3 is 14.8 Å². The maximum atomic E-state index is 13.3. The van der Waals surface area contributed by atoms with E-state index in [1.54, 1.807) is 6.20 Å². The van der Waals surface area contributed by atoms with E-state index in [0.717, 1.165) is 5.56 Å². The zero-order chi connectivity index (χ0) is 19.7. The molecule has 2 aromatic heterocycles. The molecule has 3 aromatic rings. The molecule has 1 aliphatic rings. The molecule has 0 spiro atoms. The average Bonchev–Trinajstić information content (AvgIpc) is 3.24. The van der Waals surface area contributed by atoms with Crippen molar-refractivity contribution >= 4 is 37.5 Å². The number of carboxylic acids is 1. The second-order valence-electron chi connectivity index (χ2n) is 6.64. The Labute approximate surface area is 166 Å². The first-order chi connectivity index (χ1) is 13.5. The van der Waals surface area contributed by atoms with Crippen molar-refractivity contribution in [3.63, 3.8) is 0 Å². The Bertz CT molecular complexity index is 1100. The van der Waals surface area contributed by atoms with E-state index in [4.69, 9.17) is 4.74 Å². The lowest BCUT2D eigenvalue weighted by atomic mass is 10.0. The molecule has 1 saturated heterocycles. The second-order valence-corrected chi connectivity index (χ2v) is 9.79. The average molecular weight is 421 g/mol. The van der Waals surface area contributed by atoms with E-state index in [-0.39, 0.29) is 10.6 Å². The lowest BCUT2D eigenvalue weighted by Crippen LogP contribution is -2.40. The Balaban J connectivity index is 1.86. The number of H-pyrrole nitrogens is 1. The molecule has 0 saturated carbocycles. The van der Waals surface area contributed by atoms with Crippen LogP contribution < -0.4 is 0 Å². The molecule has 148 valence electrons. The number of thiophene rings is 1. The molecule has 0 aliphatic carbocycles. The predicted molar refractivity (Wildman–Crippen MR) is 106 cm³/mol. The minimum absolute atomic E-state index is 0.157. The van der Waals surface area contributed by atoms with Crippen LogP contribution in [0, 0.1) is 0 Å². The van der Waals surface area contributed by atoms with Gasteiger partial charge in [-0.25, -0.2) is 8.42 Å². The normalized spacial score (nSPS) is 15.9. The van der Waals surface area contributed by atoms with Gasteiger partial charge in [-0.05, 0) is 16.7 Å². The molecule has 1 aromatic carbocycles. The maximum Gasteiger partial charge on any atom is 0.307 e. The Morgan fingerprint density at radius 1 is 1.21 bits per heavy atom. The van der Waals surface area contributed by atoms with Gasteiger partial charge in [0.2, 0.25) is 0 Å². The van der Waals surface area contributed by atoms with E-state index >= 15 is 0 Å². The van der Waals surface area contributed by atoms with Gasteiger partial charge in [-0.2, -0.15) is 4.31 Å². The van der Waals surface area contributed by atoms with Gasteiger partial charge in [0.25, 0.3) is 10.0 Å². The molecule has 0 unspecified atom stereocenters. The summed E-state index contributed by atoms with van der Waals surface area (Å²) in [4.78, 5) is 15.0. The topological polar surface area (TPSA) is 99.7 Å². The van der Waals surface area contributed by atoms with Crippen LogP contribution in [0.2, 0.25) is 0 Å². The largest absolute Gasteiger partial charge is 0.481 e. The third-order valence-corrected chi connectivity index (χ3v) is 8.38. The van der Waals surface area contributed by atoms with Crippen LogP contribution in [0.1, 0.15) is 16.7 Å². The van der Waals surface area contributed by atoms with Crippen LogP contribution in [-0.4, -0.2) is 55.1 Å². The Morgan fingerprint density at radius 3 is 2.61 bits per heavy atom. The lowest BCUT2D eigenvalue weighted by molar-refractivity contribution is -0.136. The molecule has 0 bridgehead atoms. The number of ether oxygens (including phenoxy) is 1. The zero-order valence-electron chi connectivity index (χ0n) is 15.1. The molecule has 7 nitrogen and oxygen atoms in total. The number of carboxylic acid groups (broad SMARTS) is 1. The summed E-state index contributed by atoms with van der Waals surface area (Å²) in [6.45, 7) is 1.39. The maximum absolute atomic E-state index is 13.3. The first-order valence-electron chi connectivity index (χ1n) is 8.92. The fraction of sp³-hybridized carbons (Fsp3) is 0.316. The number of rotatable bonds is 6. The van der Waals surface area contributed by atoms with Crippen LogP contribution in [-0.2, 0) is 32.4 Å². The van der Waals surface area contributed by atoms with Crippen LogP contribution in [0.3, 0.4) is 0 Å². The summed E-state index contributed by atoms with van der Waals surface area (Å²) in [5.41, 5.74) is 2.24. The van der Waals surface area contributed by atoms with E-state index in [1.165, 1.54) is 15.6 Å². The van der Waals surface area contributed by atoms with Gasteiger partial charge in [0, 0.05) is 31.1 Å². The van der Waals surface area contributed by atoms with Crippen molar-refractivity contribution in [2.24, 2.45) is 0 Å². The van der Waals surface area contributed by atoms with Gasteiger partial charge in [-0.3, -0.25) is 4.79 Å². The Kier molecular flexibility index (Phi) is 5.24. The van der Waals surface area contributed by atoms with Crippen LogP contribution in [0.5, 0.6) is 0 Å². The van der Waals surface area contributed by atoms with E-state index in [0.29, 0.717) is 54.1 Å². The van der Waals surface area contributed by atoms with Crippen molar-refractivity contribution in [2.75, 3.05) is 26.3 Å². The van der Waals surface area contributed by atoms with Crippen molar-refractivity contribution in [3.8, 4) is 0 Å². The first-order valence-corrected chi connectivity index (χ1v) is 11.2. The highest BCUT2D eigenvalue weighted by Crippen LogP contribution is 2.39. The number of carbonyl (C=O) groups is 1. The van der Waals surface area contributed by atoms with E-state index in [1.807, 2.05) is 30.3 Å². The van der Waals surface area contributed by atoms with E-state index in [2.05, 4.69) is 4.98 Å². The summed E-state index contributed by atoms with van der Waals surface area (Å²) in [6, 6.07) is 9.61. The van der Waals surface area contributed by atoms with Crippen LogP contribution in [0.4, 0.5) is 0 Å². The zero-order valence-corrected chi connectivity index (χ0v) is 16.7. The summed E-state index contributed by atoms with van der Waals surface area (Å²) >= 11 is 1.17. The van der Waals surface area contributed by atoms with Gasteiger partial charge in [-0.1, -0.05) is 30.3 Å². The molecule has 4 rings (SSSR count). The highest BCUT2D eigenvalue weighted by Gasteiger charge is 2.32. The third kappa shape index (κ3) is 3.58. The smallest absolute Gasteiger partial charge is 0.307 e. The fourth-order valence-electron chi connectivity index (χ4n) is 3.49. The molecule has 1 aliphatic heterocycles. The summed E-state index contributed by atoms with van der Waals surface area (Å²) in [5.74, 6) is -0.949. The van der Waals surface area contributed by atoms with Crippen molar-refractivity contribution in [3.05, 3.63) is 53.2 Å². The molecule has 0 amide bonds. The third-order valence-electron chi connectivity index (χ3n) is 4.78. The number of morpholine rings is 1.